The van der Waals surface area contributed by atoms with Crippen molar-refractivity contribution in [1.82, 2.24) is 5.32 Å². The van der Waals surface area contributed by atoms with E-state index in [0.29, 0.717) is 6.04 Å². The highest BCUT2D eigenvalue weighted by Gasteiger charge is 2.11. The third-order valence-corrected chi connectivity index (χ3v) is 4.07. The van der Waals surface area contributed by atoms with Gasteiger partial charge in [-0.25, -0.2) is 0 Å². The minimum Gasteiger partial charge on any atom is -0.496 e. The van der Waals surface area contributed by atoms with E-state index in [2.05, 4.69) is 64.6 Å². The molecule has 0 amide bonds. The van der Waals surface area contributed by atoms with Crippen molar-refractivity contribution < 1.29 is 4.74 Å². The Labute approximate surface area is 129 Å². The summed E-state index contributed by atoms with van der Waals surface area (Å²) in [6.45, 7) is 2.13. The Hall–Kier alpha value is -1.32. The van der Waals surface area contributed by atoms with Crippen LogP contribution in [-0.4, -0.2) is 14.2 Å². The maximum Gasteiger partial charge on any atom is 0.133 e. The van der Waals surface area contributed by atoms with Gasteiger partial charge in [0, 0.05) is 6.04 Å². The van der Waals surface area contributed by atoms with Crippen LogP contribution in [0.4, 0.5) is 0 Å². The van der Waals surface area contributed by atoms with Crippen LogP contribution in [0.5, 0.6) is 5.75 Å². The van der Waals surface area contributed by atoms with E-state index in [4.69, 9.17) is 4.74 Å². The molecule has 0 radical (unpaired) electrons. The van der Waals surface area contributed by atoms with Crippen LogP contribution in [0, 0.1) is 6.92 Å². The van der Waals surface area contributed by atoms with Crippen LogP contribution in [0.2, 0.25) is 0 Å². The quantitative estimate of drug-likeness (QED) is 0.882. The maximum absolute atomic E-state index is 5.27. The lowest BCUT2D eigenvalue weighted by molar-refractivity contribution is 0.412. The molecular weight excluding hydrogens is 314 g/mol. The molecule has 2 aromatic carbocycles. The van der Waals surface area contributed by atoms with Gasteiger partial charge in [-0.15, -0.1) is 0 Å². The third-order valence-electron chi connectivity index (χ3n) is 3.45. The van der Waals surface area contributed by atoms with E-state index in [-0.39, 0.29) is 0 Å². The standard InChI is InChI=1S/C17H20BrNO/c1-12-5-4-6-14(9-12)16(19-2)11-13-7-8-17(20-3)15(18)10-13/h4-10,16,19H,11H2,1-3H3. The summed E-state index contributed by atoms with van der Waals surface area (Å²) in [4.78, 5) is 0. The summed E-state index contributed by atoms with van der Waals surface area (Å²) < 4.78 is 6.27. The second-order valence-corrected chi connectivity index (χ2v) is 5.78. The van der Waals surface area contributed by atoms with Gasteiger partial charge in [-0.2, -0.15) is 0 Å². The van der Waals surface area contributed by atoms with Crippen molar-refractivity contribution in [1.29, 1.82) is 0 Å². The molecule has 0 saturated carbocycles. The highest BCUT2D eigenvalue weighted by molar-refractivity contribution is 9.10. The van der Waals surface area contributed by atoms with Crippen LogP contribution in [0.15, 0.2) is 46.9 Å². The summed E-state index contributed by atoms with van der Waals surface area (Å²) in [6, 6.07) is 15.2. The van der Waals surface area contributed by atoms with Gasteiger partial charge in [0.2, 0.25) is 0 Å². The second kappa shape index (κ2) is 6.91. The molecule has 1 unspecified atom stereocenters. The van der Waals surface area contributed by atoms with E-state index in [1.54, 1.807) is 7.11 Å². The van der Waals surface area contributed by atoms with E-state index >= 15 is 0 Å². The van der Waals surface area contributed by atoms with Crippen LogP contribution in [0.1, 0.15) is 22.7 Å². The zero-order valence-corrected chi connectivity index (χ0v) is 13.7. The fourth-order valence-electron chi connectivity index (χ4n) is 2.35. The van der Waals surface area contributed by atoms with Crippen molar-refractivity contribution in [3.05, 3.63) is 63.6 Å². The van der Waals surface area contributed by atoms with Gasteiger partial charge in [0.1, 0.15) is 5.75 Å². The van der Waals surface area contributed by atoms with Gasteiger partial charge in [0.25, 0.3) is 0 Å². The molecule has 106 valence electrons. The van der Waals surface area contributed by atoms with E-state index in [1.807, 2.05) is 13.1 Å². The zero-order chi connectivity index (χ0) is 14.5. The Morgan fingerprint density at radius 1 is 1.20 bits per heavy atom. The SMILES string of the molecule is CNC(Cc1ccc(OC)c(Br)c1)c1cccc(C)c1. The summed E-state index contributed by atoms with van der Waals surface area (Å²) in [5, 5.41) is 3.40. The lowest BCUT2D eigenvalue weighted by Gasteiger charge is -2.18. The summed E-state index contributed by atoms with van der Waals surface area (Å²) in [7, 11) is 3.69. The fourth-order valence-corrected chi connectivity index (χ4v) is 2.93. The summed E-state index contributed by atoms with van der Waals surface area (Å²) in [5.41, 5.74) is 3.89. The van der Waals surface area contributed by atoms with Gasteiger partial charge in [-0.3, -0.25) is 0 Å². The number of halogens is 1. The molecule has 0 bridgehead atoms. The van der Waals surface area contributed by atoms with Crippen molar-refractivity contribution in [2.75, 3.05) is 14.2 Å². The number of nitrogens with one attached hydrogen (secondary N) is 1. The lowest BCUT2D eigenvalue weighted by Crippen LogP contribution is -2.18. The molecule has 20 heavy (non-hydrogen) atoms. The number of hydrogen-bond acceptors (Lipinski definition) is 2. The first-order valence-electron chi connectivity index (χ1n) is 6.70. The number of aryl methyl sites for hydroxylation is 1. The smallest absolute Gasteiger partial charge is 0.133 e. The minimum absolute atomic E-state index is 0.315. The van der Waals surface area contributed by atoms with Crippen molar-refractivity contribution >= 4 is 15.9 Å². The zero-order valence-electron chi connectivity index (χ0n) is 12.1. The van der Waals surface area contributed by atoms with Crippen LogP contribution >= 0.6 is 15.9 Å². The monoisotopic (exact) mass is 333 g/mol. The molecule has 0 saturated heterocycles. The van der Waals surface area contributed by atoms with Crippen molar-refractivity contribution in [3.8, 4) is 5.75 Å². The van der Waals surface area contributed by atoms with E-state index in [9.17, 15) is 0 Å². The first kappa shape index (κ1) is 15.1. The molecule has 0 fully saturated rings. The van der Waals surface area contributed by atoms with Crippen LogP contribution in [-0.2, 0) is 6.42 Å². The fraction of sp³-hybridized carbons (Fsp3) is 0.294. The highest BCUT2D eigenvalue weighted by atomic mass is 79.9. The predicted octanol–water partition coefficient (Wildman–Crippen LogP) is 4.27. The number of likely N-dealkylation sites (N-methyl/N-ethyl adjacent to an activating group) is 1. The van der Waals surface area contributed by atoms with Gasteiger partial charge in [-0.1, -0.05) is 35.9 Å². The van der Waals surface area contributed by atoms with Crippen LogP contribution in [0.25, 0.3) is 0 Å². The molecule has 0 aliphatic rings. The average molecular weight is 334 g/mol. The summed E-state index contributed by atoms with van der Waals surface area (Å²) in [6.07, 6.45) is 0.947. The van der Waals surface area contributed by atoms with Gasteiger partial charge in [-0.05, 0) is 59.6 Å². The maximum atomic E-state index is 5.27. The van der Waals surface area contributed by atoms with E-state index < -0.39 is 0 Å². The molecule has 2 rings (SSSR count). The predicted molar refractivity (Wildman–Crippen MR) is 87.4 cm³/mol. The molecule has 0 aromatic heterocycles. The number of ether oxygens (including phenoxy) is 1. The topological polar surface area (TPSA) is 21.3 Å². The molecule has 2 nitrogen and oxygen atoms in total. The van der Waals surface area contributed by atoms with Gasteiger partial charge >= 0.3 is 0 Å². The van der Waals surface area contributed by atoms with Crippen molar-refractivity contribution in [2.24, 2.45) is 0 Å². The lowest BCUT2D eigenvalue weighted by atomic mass is 9.98. The number of benzene rings is 2. The largest absolute Gasteiger partial charge is 0.496 e. The Balaban J connectivity index is 2.20. The molecule has 0 aliphatic heterocycles. The number of methoxy groups -OCH3 is 1. The second-order valence-electron chi connectivity index (χ2n) is 4.93. The average Bonchev–Trinajstić information content (AvgIpc) is 2.45. The number of rotatable bonds is 5. The van der Waals surface area contributed by atoms with Gasteiger partial charge < -0.3 is 10.1 Å². The van der Waals surface area contributed by atoms with Gasteiger partial charge in [0.15, 0.2) is 0 Å². The normalized spacial score (nSPS) is 12.2. The molecule has 1 N–H and O–H groups in total. The van der Waals surface area contributed by atoms with Crippen molar-refractivity contribution in [2.45, 2.75) is 19.4 Å². The van der Waals surface area contributed by atoms with E-state index in [0.717, 1.165) is 16.6 Å². The molecule has 0 aliphatic carbocycles. The summed E-state index contributed by atoms with van der Waals surface area (Å²) >= 11 is 3.54. The van der Waals surface area contributed by atoms with Gasteiger partial charge in [0.05, 0.1) is 11.6 Å². The van der Waals surface area contributed by atoms with E-state index in [1.165, 1.54) is 16.7 Å². The summed E-state index contributed by atoms with van der Waals surface area (Å²) in [5.74, 6) is 0.866. The Morgan fingerprint density at radius 3 is 2.60 bits per heavy atom. The van der Waals surface area contributed by atoms with Crippen LogP contribution < -0.4 is 10.1 Å². The highest BCUT2D eigenvalue weighted by Crippen LogP contribution is 2.28. The molecule has 2 aromatic rings. The first-order valence-corrected chi connectivity index (χ1v) is 7.49. The minimum atomic E-state index is 0.315. The molecule has 0 spiro atoms. The molecule has 0 heterocycles. The first-order chi connectivity index (χ1) is 9.63. The Kier molecular flexibility index (Phi) is 5.21. The number of hydrogen-bond donors (Lipinski definition) is 1. The van der Waals surface area contributed by atoms with Crippen molar-refractivity contribution in [3.63, 3.8) is 0 Å². The third kappa shape index (κ3) is 3.62. The molecule has 1 atom stereocenters. The Bertz CT molecular complexity index is 583. The molecular formula is C17H20BrNO. The van der Waals surface area contributed by atoms with Crippen LogP contribution in [0.3, 0.4) is 0 Å². The Morgan fingerprint density at radius 2 is 2.00 bits per heavy atom. The molecule has 3 heteroatoms.